The lowest BCUT2D eigenvalue weighted by Crippen LogP contribution is -2.23. The van der Waals surface area contributed by atoms with Gasteiger partial charge in [0, 0.05) is 31.0 Å². The molecule has 0 unspecified atom stereocenters. The first-order chi connectivity index (χ1) is 10.1. The first-order valence-corrected chi connectivity index (χ1v) is 7.15. The van der Waals surface area contributed by atoms with Crippen molar-refractivity contribution in [3.05, 3.63) is 59.4 Å². The maximum atomic E-state index is 11.4. The Hall–Kier alpha value is -2.07. The third-order valence-corrected chi connectivity index (χ3v) is 3.34. The zero-order chi connectivity index (χ0) is 15.2. The molecule has 1 aromatic heterocycles. The fourth-order valence-electron chi connectivity index (χ4n) is 2.13. The van der Waals surface area contributed by atoms with Crippen LogP contribution in [0.4, 0.5) is 0 Å². The maximum absolute atomic E-state index is 11.4. The van der Waals surface area contributed by atoms with Gasteiger partial charge in [-0.1, -0.05) is 26.0 Å². The van der Waals surface area contributed by atoms with Crippen molar-refractivity contribution in [1.82, 2.24) is 9.88 Å². The molecule has 0 aliphatic rings. The molecule has 4 heteroatoms. The van der Waals surface area contributed by atoms with Crippen molar-refractivity contribution in [2.24, 2.45) is 0 Å². The van der Waals surface area contributed by atoms with E-state index < -0.39 is 0 Å². The number of aromatic nitrogens is 1. The maximum Gasteiger partial charge on any atom is 0.337 e. The monoisotopic (exact) mass is 286 g/mol. The molecule has 0 amide bonds. The normalized spacial score (nSPS) is 10.9. The van der Waals surface area contributed by atoms with E-state index in [1.807, 2.05) is 12.1 Å². The molecule has 0 aliphatic carbocycles. The van der Waals surface area contributed by atoms with E-state index in [1.165, 1.54) is 12.8 Å². The number of methoxy groups -OCH3 is 1. The van der Waals surface area contributed by atoms with Crippen molar-refractivity contribution in [1.29, 1.82) is 0 Å². The van der Waals surface area contributed by atoms with Gasteiger partial charge in [0.25, 0.3) is 0 Å². The molecular weight excluding hydrogens is 264 g/mol. The van der Waals surface area contributed by atoms with Crippen molar-refractivity contribution in [3.63, 3.8) is 0 Å². The second kappa shape index (κ2) is 7.09. The van der Waals surface area contributed by atoms with Crippen molar-refractivity contribution in [2.45, 2.75) is 33.0 Å². The lowest BCUT2D eigenvalue weighted by Gasteiger charge is -2.12. The predicted octanol–water partition coefficient (Wildman–Crippen LogP) is 2.82. The number of esters is 1. The van der Waals surface area contributed by atoms with Gasteiger partial charge in [-0.3, -0.25) is 0 Å². The number of carbonyl (C=O) groups is 1. The Balaban J connectivity index is 2.05. The van der Waals surface area contributed by atoms with Crippen molar-refractivity contribution >= 4 is 5.97 Å². The minimum absolute atomic E-state index is 0.302. The van der Waals surface area contributed by atoms with Crippen LogP contribution in [0.1, 0.15) is 35.5 Å². The Bertz CT molecular complexity index is 585. The molecular formula is C17H22N2O2. The Morgan fingerprint density at radius 3 is 2.57 bits per heavy atom. The second-order valence-corrected chi connectivity index (χ2v) is 5.35. The van der Waals surface area contributed by atoms with E-state index >= 15 is 0 Å². The zero-order valence-corrected chi connectivity index (χ0v) is 12.8. The van der Waals surface area contributed by atoms with Crippen molar-refractivity contribution in [2.75, 3.05) is 7.11 Å². The molecule has 21 heavy (non-hydrogen) atoms. The Labute approximate surface area is 125 Å². The average molecular weight is 286 g/mol. The number of rotatable bonds is 6. The number of nitrogens with zero attached hydrogens (tertiary/aromatic N) is 1. The highest BCUT2D eigenvalue weighted by atomic mass is 16.5. The lowest BCUT2D eigenvalue weighted by molar-refractivity contribution is 0.0600. The van der Waals surface area contributed by atoms with Crippen LogP contribution in [0.25, 0.3) is 0 Å². The van der Waals surface area contributed by atoms with E-state index in [1.54, 1.807) is 12.1 Å². The molecule has 112 valence electrons. The summed E-state index contributed by atoms with van der Waals surface area (Å²) in [4.78, 5) is 11.4. The molecule has 0 saturated carbocycles. The van der Waals surface area contributed by atoms with E-state index in [-0.39, 0.29) is 5.97 Å². The van der Waals surface area contributed by atoms with Gasteiger partial charge in [-0.05, 0) is 29.8 Å². The number of ether oxygens (including phenoxy) is 1. The van der Waals surface area contributed by atoms with Crippen molar-refractivity contribution < 1.29 is 9.53 Å². The standard InChI is InChI=1S/C17H22N2O2/c1-13(2)18-11-16-5-4-10-19(16)12-14-6-8-15(9-7-14)17(20)21-3/h4-10,13,18H,11-12H2,1-3H3. The van der Waals surface area contributed by atoms with E-state index in [0.717, 1.165) is 18.7 Å². The summed E-state index contributed by atoms with van der Waals surface area (Å²) in [5.41, 5.74) is 2.99. The molecule has 1 N–H and O–H groups in total. The van der Waals surface area contributed by atoms with Gasteiger partial charge in [-0.15, -0.1) is 0 Å². The molecule has 4 nitrogen and oxygen atoms in total. The molecule has 0 aliphatic heterocycles. The SMILES string of the molecule is COC(=O)c1ccc(Cn2cccc2CNC(C)C)cc1. The van der Waals surface area contributed by atoms with Gasteiger partial charge >= 0.3 is 5.97 Å². The third-order valence-electron chi connectivity index (χ3n) is 3.34. The number of hydrogen-bond acceptors (Lipinski definition) is 3. The van der Waals surface area contributed by atoms with Gasteiger partial charge < -0.3 is 14.6 Å². The van der Waals surface area contributed by atoms with Crippen LogP contribution in [-0.4, -0.2) is 23.7 Å². The molecule has 0 atom stereocenters. The zero-order valence-electron chi connectivity index (χ0n) is 12.8. The molecule has 1 aromatic carbocycles. The summed E-state index contributed by atoms with van der Waals surface area (Å²) >= 11 is 0. The molecule has 0 spiro atoms. The molecule has 1 heterocycles. The van der Waals surface area contributed by atoms with E-state index in [0.29, 0.717) is 11.6 Å². The number of benzene rings is 1. The molecule has 2 rings (SSSR count). The molecule has 0 radical (unpaired) electrons. The van der Waals surface area contributed by atoms with Crippen molar-refractivity contribution in [3.8, 4) is 0 Å². The Morgan fingerprint density at radius 2 is 1.95 bits per heavy atom. The fourth-order valence-corrected chi connectivity index (χ4v) is 2.13. The van der Waals surface area contributed by atoms with Crippen LogP contribution in [0.5, 0.6) is 0 Å². The Kier molecular flexibility index (Phi) is 5.17. The van der Waals surface area contributed by atoms with Crippen LogP contribution in [0, 0.1) is 0 Å². The smallest absolute Gasteiger partial charge is 0.337 e. The minimum Gasteiger partial charge on any atom is -0.465 e. The summed E-state index contributed by atoms with van der Waals surface area (Å²) < 4.78 is 6.91. The van der Waals surface area contributed by atoms with Gasteiger partial charge in [0.05, 0.1) is 12.7 Å². The number of nitrogens with one attached hydrogen (secondary N) is 1. The van der Waals surface area contributed by atoms with Gasteiger partial charge in [0.1, 0.15) is 0 Å². The van der Waals surface area contributed by atoms with Crippen LogP contribution >= 0.6 is 0 Å². The highest BCUT2D eigenvalue weighted by molar-refractivity contribution is 5.89. The highest BCUT2D eigenvalue weighted by Crippen LogP contribution is 2.10. The first kappa shape index (κ1) is 15.3. The van der Waals surface area contributed by atoms with Crippen LogP contribution in [0.3, 0.4) is 0 Å². The number of carbonyl (C=O) groups excluding carboxylic acids is 1. The Morgan fingerprint density at radius 1 is 1.24 bits per heavy atom. The molecule has 0 saturated heterocycles. The van der Waals surface area contributed by atoms with Gasteiger partial charge in [-0.2, -0.15) is 0 Å². The van der Waals surface area contributed by atoms with Crippen LogP contribution in [0.2, 0.25) is 0 Å². The van der Waals surface area contributed by atoms with E-state index in [9.17, 15) is 4.79 Å². The van der Waals surface area contributed by atoms with Crippen LogP contribution < -0.4 is 5.32 Å². The summed E-state index contributed by atoms with van der Waals surface area (Å²) in [5.74, 6) is -0.302. The van der Waals surface area contributed by atoms with Crippen LogP contribution in [-0.2, 0) is 17.8 Å². The lowest BCUT2D eigenvalue weighted by atomic mass is 10.1. The topological polar surface area (TPSA) is 43.3 Å². The van der Waals surface area contributed by atoms with Gasteiger partial charge in [0.15, 0.2) is 0 Å². The molecule has 0 bridgehead atoms. The van der Waals surface area contributed by atoms with Crippen LogP contribution in [0.15, 0.2) is 42.6 Å². The molecule has 0 fully saturated rings. The van der Waals surface area contributed by atoms with E-state index in [4.69, 9.17) is 4.74 Å². The minimum atomic E-state index is -0.302. The second-order valence-electron chi connectivity index (χ2n) is 5.35. The number of hydrogen-bond donors (Lipinski definition) is 1. The van der Waals surface area contributed by atoms with E-state index in [2.05, 4.69) is 42.1 Å². The fraction of sp³-hybridized carbons (Fsp3) is 0.353. The first-order valence-electron chi connectivity index (χ1n) is 7.15. The summed E-state index contributed by atoms with van der Waals surface area (Å²) in [6.07, 6.45) is 2.07. The highest BCUT2D eigenvalue weighted by Gasteiger charge is 2.06. The summed E-state index contributed by atoms with van der Waals surface area (Å²) in [6, 6.07) is 12.2. The van der Waals surface area contributed by atoms with Gasteiger partial charge in [0.2, 0.25) is 0 Å². The predicted molar refractivity (Wildman–Crippen MR) is 83.3 cm³/mol. The van der Waals surface area contributed by atoms with Gasteiger partial charge in [-0.25, -0.2) is 4.79 Å². The third kappa shape index (κ3) is 4.20. The average Bonchev–Trinajstić information content (AvgIpc) is 2.92. The largest absolute Gasteiger partial charge is 0.465 e. The molecule has 2 aromatic rings. The summed E-state index contributed by atoms with van der Waals surface area (Å²) in [6.45, 7) is 5.92. The quantitative estimate of drug-likeness (QED) is 0.830. The summed E-state index contributed by atoms with van der Waals surface area (Å²) in [7, 11) is 1.39. The summed E-state index contributed by atoms with van der Waals surface area (Å²) in [5, 5.41) is 3.42.